The molecule has 2 N–H and O–H groups in total. The van der Waals surface area contributed by atoms with E-state index in [0.29, 0.717) is 16.6 Å². The lowest BCUT2D eigenvalue weighted by Crippen LogP contribution is -2.28. The number of hydrogen-bond acceptors (Lipinski definition) is 7. The molecule has 1 heterocycles. The summed E-state index contributed by atoms with van der Waals surface area (Å²) >= 11 is 1.37. The summed E-state index contributed by atoms with van der Waals surface area (Å²) in [5.74, 6) is -0.358. The van der Waals surface area contributed by atoms with Crippen molar-refractivity contribution in [3.05, 3.63) is 42.7 Å². The van der Waals surface area contributed by atoms with Crippen molar-refractivity contribution in [2.24, 2.45) is 0 Å². The van der Waals surface area contributed by atoms with Crippen LogP contribution in [0.2, 0.25) is 0 Å². The summed E-state index contributed by atoms with van der Waals surface area (Å²) in [7, 11) is -3.88. The van der Waals surface area contributed by atoms with Gasteiger partial charge in [0.15, 0.2) is 5.16 Å². The quantitative estimate of drug-likeness (QED) is 0.551. The fourth-order valence-electron chi connectivity index (χ4n) is 1.78. The number of sulfonamides is 1. The molecular formula is C15H16N4O4S2. The van der Waals surface area contributed by atoms with Crippen LogP contribution >= 0.6 is 11.8 Å². The first-order chi connectivity index (χ1) is 11.9. The first kappa shape index (κ1) is 18.9. The summed E-state index contributed by atoms with van der Waals surface area (Å²) < 4.78 is 25.5. The van der Waals surface area contributed by atoms with Gasteiger partial charge in [-0.15, -0.1) is 0 Å². The number of benzene rings is 1. The molecule has 0 bridgehead atoms. The maximum atomic E-state index is 11.9. The number of aromatic nitrogens is 2. The highest BCUT2D eigenvalue weighted by Crippen LogP contribution is 2.16. The zero-order valence-corrected chi connectivity index (χ0v) is 14.9. The molecule has 0 aliphatic carbocycles. The summed E-state index contributed by atoms with van der Waals surface area (Å²) in [6.07, 6.45) is 3.52. The van der Waals surface area contributed by atoms with Gasteiger partial charge in [-0.3, -0.25) is 9.59 Å². The largest absolute Gasteiger partial charge is 0.326 e. The van der Waals surface area contributed by atoms with Gasteiger partial charge in [0.05, 0.1) is 4.90 Å². The molecule has 0 unspecified atom stereocenters. The van der Waals surface area contributed by atoms with Gasteiger partial charge < -0.3 is 5.32 Å². The van der Waals surface area contributed by atoms with E-state index in [2.05, 4.69) is 15.3 Å². The molecule has 10 heteroatoms. The number of carbonyl (C=O) groups excluding carboxylic acids is 2. The molecule has 0 aliphatic heterocycles. The minimum absolute atomic E-state index is 0.0579. The second-order valence-electron chi connectivity index (χ2n) is 4.86. The van der Waals surface area contributed by atoms with E-state index >= 15 is 0 Å². The van der Waals surface area contributed by atoms with Gasteiger partial charge in [-0.05, 0) is 30.3 Å². The SMILES string of the molecule is CC(=O)NS(=O)(=O)c1ccc(NC(=O)CCSc2ncccn2)cc1. The van der Waals surface area contributed by atoms with E-state index in [1.807, 2.05) is 4.72 Å². The Balaban J connectivity index is 1.86. The monoisotopic (exact) mass is 380 g/mol. The van der Waals surface area contributed by atoms with Crippen LogP contribution in [0.1, 0.15) is 13.3 Å². The third-order valence-corrected chi connectivity index (χ3v) is 5.16. The van der Waals surface area contributed by atoms with E-state index in [1.54, 1.807) is 18.5 Å². The number of thioether (sulfide) groups is 1. The lowest BCUT2D eigenvalue weighted by Gasteiger charge is -2.07. The van der Waals surface area contributed by atoms with Crippen LogP contribution in [0.15, 0.2) is 52.8 Å². The molecule has 0 radical (unpaired) electrons. The Hall–Kier alpha value is -2.46. The van der Waals surface area contributed by atoms with Crippen molar-refractivity contribution in [2.45, 2.75) is 23.4 Å². The van der Waals surface area contributed by atoms with Crippen molar-refractivity contribution in [1.29, 1.82) is 0 Å². The van der Waals surface area contributed by atoms with Crippen LogP contribution in [0.3, 0.4) is 0 Å². The molecule has 25 heavy (non-hydrogen) atoms. The normalized spacial score (nSPS) is 10.9. The topological polar surface area (TPSA) is 118 Å². The van der Waals surface area contributed by atoms with Crippen LogP contribution in [-0.4, -0.2) is 36.0 Å². The average Bonchev–Trinajstić information content (AvgIpc) is 2.55. The minimum atomic E-state index is -3.88. The molecule has 132 valence electrons. The van der Waals surface area contributed by atoms with Gasteiger partial charge in [0.1, 0.15) is 0 Å². The van der Waals surface area contributed by atoms with E-state index in [9.17, 15) is 18.0 Å². The predicted octanol–water partition coefficient (Wildman–Crippen LogP) is 1.42. The molecule has 0 saturated carbocycles. The van der Waals surface area contributed by atoms with Crippen molar-refractivity contribution in [3.8, 4) is 0 Å². The third kappa shape index (κ3) is 6.16. The molecule has 2 aromatic rings. The van der Waals surface area contributed by atoms with Gasteiger partial charge >= 0.3 is 0 Å². The zero-order chi connectivity index (χ0) is 18.3. The Kier molecular flexibility index (Phi) is 6.48. The third-order valence-electron chi connectivity index (χ3n) is 2.83. The van der Waals surface area contributed by atoms with Crippen molar-refractivity contribution < 1.29 is 18.0 Å². The lowest BCUT2D eigenvalue weighted by atomic mass is 10.3. The van der Waals surface area contributed by atoms with Crippen LogP contribution < -0.4 is 10.0 Å². The number of nitrogens with one attached hydrogen (secondary N) is 2. The molecule has 0 spiro atoms. The number of rotatable bonds is 7. The van der Waals surface area contributed by atoms with Crippen LogP contribution in [0.5, 0.6) is 0 Å². The highest BCUT2D eigenvalue weighted by atomic mass is 32.2. The molecule has 0 atom stereocenters. The van der Waals surface area contributed by atoms with Crippen molar-refractivity contribution >= 4 is 39.3 Å². The second-order valence-corrected chi connectivity index (χ2v) is 7.61. The van der Waals surface area contributed by atoms with E-state index in [0.717, 1.165) is 6.92 Å². The number of anilines is 1. The summed E-state index contributed by atoms with van der Waals surface area (Å²) in [6.45, 7) is 1.12. The van der Waals surface area contributed by atoms with Crippen molar-refractivity contribution in [2.75, 3.05) is 11.1 Å². The van der Waals surface area contributed by atoms with Gasteiger partial charge in [0.2, 0.25) is 11.8 Å². The molecule has 0 saturated heterocycles. The fraction of sp³-hybridized carbons (Fsp3) is 0.200. The first-order valence-corrected chi connectivity index (χ1v) is 9.67. The molecule has 0 fully saturated rings. The van der Waals surface area contributed by atoms with E-state index in [-0.39, 0.29) is 17.2 Å². The van der Waals surface area contributed by atoms with Gasteiger partial charge in [-0.1, -0.05) is 11.8 Å². The zero-order valence-electron chi connectivity index (χ0n) is 13.3. The Morgan fingerprint density at radius 2 is 1.76 bits per heavy atom. The Morgan fingerprint density at radius 3 is 2.36 bits per heavy atom. The lowest BCUT2D eigenvalue weighted by molar-refractivity contribution is -0.117. The number of amides is 2. The number of carbonyl (C=O) groups is 2. The number of hydrogen-bond donors (Lipinski definition) is 2. The summed E-state index contributed by atoms with van der Waals surface area (Å²) in [6, 6.07) is 7.26. The molecule has 1 aromatic heterocycles. The summed E-state index contributed by atoms with van der Waals surface area (Å²) in [5, 5.41) is 3.27. The fourth-order valence-corrected chi connectivity index (χ4v) is 3.52. The van der Waals surface area contributed by atoms with Crippen LogP contribution in [0.25, 0.3) is 0 Å². The van der Waals surface area contributed by atoms with Crippen LogP contribution in [0, 0.1) is 0 Å². The van der Waals surface area contributed by atoms with Gasteiger partial charge in [-0.2, -0.15) is 0 Å². The molecule has 2 rings (SSSR count). The highest BCUT2D eigenvalue weighted by Gasteiger charge is 2.15. The Morgan fingerprint density at radius 1 is 1.12 bits per heavy atom. The van der Waals surface area contributed by atoms with E-state index in [1.165, 1.54) is 36.0 Å². The Bertz CT molecular complexity index is 840. The van der Waals surface area contributed by atoms with Gasteiger partial charge in [0.25, 0.3) is 10.0 Å². The maximum absolute atomic E-state index is 11.9. The first-order valence-electron chi connectivity index (χ1n) is 7.20. The van der Waals surface area contributed by atoms with E-state index < -0.39 is 15.9 Å². The second kappa shape index (κ2) is 8.58. The number of nitrogens with zero attached hydrogens (tertiary/aromatic N) is 2. The van der Waals surface area contributed by atoms with Crippen LogP contribution in [0.4, 0.5) is 5.69 Å². The Labute approximate surface area is 149 Å². The highest BCUT2D eigenvalue weighted by molar-refractivity contribution is 7.99. The molecular weight excluding hydrogens is 364 g/mol. The van der Waals surface area contributed by atoms with Gasteiger partial charge in [0, 0.05) is 37.2 Å². The van der Waals surface area contributed by atoms with E-state index in [4.69, 9.17) is 0 Å². The van der Waals surface area contributed by atoms with Crippen molar-refractivity contribution in [1.82, 2.24) is 14.7 Å². The smallest absolute Gasteiger partial charge is 0.264 e. The standard InChI is InChI=1S/C15H16N4O4S2/c1-11(20)19-25(22,23)13-5-3-12(4-6-13)18-14(21)7-10-24-15-16-8-2-9-17-15/h2-6,8-9H,7,10H2,1H3,(H,18,21)(H,19,20). The molecule has 1 aromatic carbocycles. The molecule has 8 nitrogen and oxygen atoms in total. The molecule has 2 amide bonds. The molecule has 0 aliphatic rings. The maximum Gasteiger partial charge on any atom is 0.264 e. The van der Waals surface area contributed by atoms with Crippen LogP contribution in [-0.2, 0) is 19.6 Å². The summed E-state index contributed by atoms with van der Waals surface area (Å²) in [4.78, 5) is 30.8. The van der Waals surface area contributed by atoms with Crippen molar-refractivity contribution in [3.63, 3.8) is 0 Å². The average molecular weight is 380 g/mol. The van der Waals surface area contributed by atoms with Gasteiger partial charge in [-0.25, -0.2) is 23.1 Å². The predicted molar refractivity (Wildman–Crippen MR) is 93.4 cm³/mol. The summed E-state index contributed by atoms with van der Waals surface area (Å²) in [5.41, 5.74) is 0.465. The minimum Gasteiger partial charge on any atom is -0.326 e.